The van der Waals surface area contributed by atoms with Gasteiger partial charge in [-0.3, -0.25) is 4.79 Å². The molecule has 0 aromatic carbocycles. The van der Waals surface area contributed by atoms with Crippen LogP contribution < -0.4 is 15.8 Å². The number of hydrogen-bond donors (Lipinski definition) is 3. The summed E-state index contributed by atoms with van der Waals surface area (Å²) >= 11 is 0. The highest BCUT2D eigenvalue weighted by molar-refractivity contribution is 7.88. The molecule has 126 valence electrons. The Morgan fingerprint density at radius 1 is 1.24 bits per heavy atom. The van der Waals surface area contributed by atoms with Gasteiger partial charge in [-0.2, -0.15) is 0 Å². The third-order valence-electron chi connectivity index (χ3n) is 3.41. The molecule has 0 radical (unpaired) electrons. The third-order valence-corrected chi connectivity index (χ3v) is 4.34. The summed E-state index contributed by atoms with van der Waals surface area (Å²) in [5, 5.41) is 2.78. The van der Waals surface area contributed by atoms with Crippen LogP contribution in [0.4, 0.5) is 0 Å². The minimum atomic E-state index is -3.29. The van der Waals surface area contributed by atoms with Crippen LogP contribution >= 0.6 is 0 Å². The van der Waals surface area contributed by atoms with Crippen LogP contribution in [-0.2, 0) is 14.8 Å². The zero-order valence-corrected chi connectivity index (χ0v) is 14.7. The summed E-state index contributed by atoms with van der Waals surface area (Å²) in [5.41, 5.74) is 4.89. The molecule has 0 aromatic heterocycles. The first-order valence-electron chi connectivity index (χ1n) is 7.42. The second-order valence-corrected chi connectivity index (χ2v) is 8.40. The summed E-state index contributed by atoms with van der Waals surface area (Å²) in [6.07, 6.45) is 3.28. The van der Waals surface area contributed by atoms with Gasteiger partial charge in [-0.25, -0.2) is 13.1 Å². The average Bonchev–Trinajstić information content (AvgIpc) is 2.28. The van der Waals surface area contributed by atoms with E-state index in [1.54, 1.807) is 13.8 Å². The molecule has 0 rings (SSSR count). The van der Waals surface area contributed by atoms with Gasteiger partial charge in [-0.05, 0) is 45.1 Å². The van der Waals surface area contributed by atoms with Gasteiger partial charge in [-0.1, -0.05) is 13.8 Å². The predicted octanol–water partition coefficient (Wildman–Crippen LogP) is 0.832. The van der Waals surface area contributed by atoms with E-state index >= 15 is 0 Å². The molecule has 0 heterocycles. The quantitative estimate of drug-likeness (QED) is 0.555. The van der Waals surface area contributed by atoms with Crippen LogP contribution in [0.3, 0.4) is 0 Å². The van der Waals surface area contributed by atoms with E-state index in [2.05, 4.69) is 23.9 Å². The Bertz CT molecular complexity index is 419. The molecular formula is C14H31N3O3S. The number of sulfonamides is 1. The van der Waals surface area contributed by atoms with Gasteiger partial charge in [-0.15, -0.1) is 0 Å². The van der Waals surface area contributed by atoms with Crippen molar-refractivity contribution >= 4 is 15.9 Å². The molecule has 6 nitrogen and oxygen atoms in total. The van der Waals surface area contributed by atoms with E-state index in [1.807, 2.05) is 0 Å². The first-order chi connectivity index (χ1) is 9.47. The molecule has 0 aromatic rings. The fraction of sp³-hybridized carbons (Fsp3) is 0.929. The Morgan fingerprint density at radius 2 is 1.81 bits per heavy atom. The second-order valence-electron chi connectivity index (χ2n) is 6.65. The van der Waals surface area contributed by atoms with Crippen LogP contribution in [-0.4, -0.2) is 39.2 Å². The molecule has 1 unspecified atom stereocenters. The van der Waals surface area contributed by atoms with E-state index in [1.165, 1.54) is 0 Å². The van der Waals surface area contributed by atoms with Crippen LogP contribution in [0.2, 0.25) is 0 Å². The Morgan fingerprint density at radius 3 is 2.24 bits per heavy atom. The van der Waals surface area contributed by atoms with Gasteiger partial charge in [0, 0.05) is 18.5 Å². The smallest absolute Gasteiger partial charge is 0.220 e. The lowest BCUT2D eigenvalue weighted by Crippen LogP contribution is -2.51. The lowest BCUT2D eigenvalue weighted by Gasteiger charge is -2.25. The maximum absolute atomic E-state index is 11.9. The van der Waals surface area contributed by atoms with E-state index in [0.29, 0.717) is 24.8 Å². The standard InChI is InChI=1S/C14H31N3O3S/c1-11(2)12(8-9-15)6-7-13(18)16-10-14(3,4)17-21(5,19)20/h11-12,17H,6-10,15H2,1-5H3,(H,16,18). The minimum absolute atomic E-state index is 0.0546. The summed E-state index contributed by atoms with van der Waals surface area (Å²) in [7, 11) is -3.29. The summed E-state index contributed by atoms with van der Waals surface area (Å²) in [4.78, 5) is 11.9. The fourth-order valence-corrected chi connectivity index (χ4v) is 3.36. The van der Waals surface area contributed by atoms with Crippen molar-refractivity contribution < 1.29 is 13.2 Å². The highest BCUT2D eigenvalue weighted by Crippen LogP contribution is 2.20. The number of hydrogen-bond acceptors (Lipinski definition) is 4. The molecule has 0 saturated heterocycles. The Hall–Kier alpha value is -0.660. The highest BCUT2D eigenvalue weighted by atomic mass is 32.2. The number of carbonyl (C=O) groups is 1. The van der Waals surface area contributed by atoms with Crippen LogP contribution in [0.15, 0.2) is 0 Å². The first-order valence-corrected chi connectivity index (χ1v) is 9.31. The normalized spacial score (nSPS) is 14.2. The number of carbonyl (C=O) groups excluding carboxylic acids is 1. The fourth-order valence-electron chi connectivity index (χ4n) is 2.29. The lowest BCUT2D eigenvalue weighted by molar-refractivity contribution is -0.121. The Balaban J connectivity index is 4.21. The van der Waals surface area contributed by atoms with E-state index in [-0.39, 0.29) is 12.5 Å². The van der Waals surface area contributed by atoms with Crippen molar-refractivity contribution in [2.45, 2.75) is 52.5 Å². The van der Waals surface area contributed by atoms with E-state index in [4.69, 9.17) is 5.73 Å². The number of amides is 1. The summed E-state index contributed by atoms with van der Waals surface area (Å²) in [6, 6.07) is 0. The average molecular weight is 321 g/mol. The molecule has 0 bridgehead atoms. The summed E-state index contributed by atoms with van der Waals surface area (Å²) in [6.45, 7) is 8.64. The maximum Gasteiger partial charge on any atom is 0.220 e. The summed E-state index contributed by atoms with van der Waals surface area (Å²) in [5.74, 6) is 0.897. The second kappa shape index (κ2) is 8.70. The molecule has 0 aliphatic rings. The van der Waals surface area contributed by atoms with Crippen LogP contribution in [0, 0.1) is 11.8 Å². The van der Waals surface area contributed by atoms with Crippen LogP contribution in [0.1, 0.15) is 47.0 Å². The number of rotatable bonds is 10. The third kappa shape index (κ3) is 10.7. The molecule has 1 atom stereocenters. The van der Waals surface area contributed by atoms with Gasteiger partial charge in [0.2, 0.25) is 15.9 Å². The molecule has 7 heteroatoms. The van der Waals surface area contributed by atoms with Crippen LogP contribution in [0.25, 0.3) is 0 Å². The lowest BCUT2D eigenvalue weighted by atomic mass is 9.88. The maximum atomic E-state index is 11.9. The zero-order chi connectivity index (χ0) is 16.7. The molecule has 0 saturated carbocycles. The molecule has 0 fully saturated rings. The van der Waals surface area contributed by atoms with Gasteiger partial charge >= 0.3 is 0 Å². The van der Waals surface area contributed by atoms with Crippen molar-refractivity contribution in [3.8, 4) is 0 Å². The van der Waals surface area contributed by atoms with Gasteiger partial charge < -0.3 is 11.1 Å². The van der Waals surface area contributed by atoms with Crippen molar-refractivity contribution in [1.82, 2.24) is 10.0 Å². The number of nitrogens with one attached hydrogen (secondary N) is 2. The molecule has 0 aliphatic heterocycles. The molecule has 0 spiro atoms. The van der Waals surface area contributed by atoms with Crippen molar-refractivity contribution in [1.29, 1.82) is 0 Å². The van der Waals surface area contributed by atoms with Crippen LogP contribution in [0.5, 0.6) is 0 Å². The van der Waals surface area contributed by atoms with Crippen molar-refractivity contribution in [3.63, 3.8) is 0 Å². The van der Waals surface area contributed by atoms with Gasteiger partial charge in [0.25, 0.3) is 0 Å². The molecule has 1 amide bonds. The predicted molar refractivity (Wildman–Crippen MR) is 86.3 cm³/mol. The summed E-state index contributed by atoms with van der Waals surface area (Å²) < 4.78 is 24.9. The van der Waals surface area contributed by atoms with Crippen molar-refractivity contribution in [2.75, 3.05) is 19.3 Å². The number of nitrogens with two attached hydrogens (primary N) is 1. The van der Waals surface area contributed by atoms with E-state index < -0.39 is 15.6 Å². The zero-order valence-electron chi connectivity index (χ0n) is 13.9. The van der Waals surface area contributed by atoms with Gasteiger partial charge in [0.05, 0.1) is 6.26 Å². The van der Waals surface area contributed by atoms with Gasteiger partial charge in [0.15, 0.2) is 0 Å². The molecular weight excluding hydrogens is 290 g/mol. The Labute approximate surface area is 129 Å². The highest BCUT2D eigenvalue weighted by Gasteiger charge is 2.23. The molecule has 4 N–H and O–H groups in total. The van der Waals surface area contributed by atoms with E-state index in [9.17, 15) is 13.2 Å². The minimum Gasteiger partial charge on any atom is -0.354 e. The first kappa shape index (κ1) is 20.3. The topological polar surface area (TPSA) is 101 Å². The van der Waals surface area contributed by atoms with Crippen molar-refractivity contribution in [3.05, 3.63) is 0 Å². The Kier molecular flexibility index (Phi) is 8.43. The SMILES string of the molecule is CC(C)C(CCN)CCC(=O)NCC(C)(C)NS(C)(=O)=O. The van der Waals surface area contributed by atoms with Gasteiger partial charge in [0.1, 0.15) is 0 Å². The largest absolute Gasteiger partial charge is 0.354 e. The monoisotopic (exact) mass is 321 g/mol. The molecule has 0 aliphatic carbocycles. The van der Waals surface area contributed by atoms with E-state index in [0.717, 1.165) is 19.1 Å². The van der Waals surface area contributed by atoms with Crippen molar-refractivity contribution in [2.24, 2.45) is 17.6 Å². The molecule has 21 heavy (non-hydrogen) atoms.